The average molecular weight is 668 g/mol. The van der Waals surface area contributed by atoms with Gasteiger partial charge in [0, 0.05) is 31.3 Å². The zero-order valence-electron chi connectivity index (χ0n) is 29.5. The SMILES string of the molecule is C=C1C(=O)[C@]23[C@H](OC(=O)[C@H](CCc4ccccc4)NC(=O)OC(C)(C)C)[C@H]1C[C@H](O)[C@H]2[C@]1(COC(C)=O)CCCC(C)(C)[C@H]1C[C@H]3OC. The Bertz CT molecular complexity index is 1420. The van der Waals surface area contributed by atoms with Gasteiger partial charge in [0.25, 0.3) is 0 Å². The van der Waals surface area contributed by atoms with Crippen LogP contribution < -0.4 is 5.32 Å². The van der Waals surface area contributed by atoms with Crippen LogP contribution in [0, 0.1) is 34.0 Å². The number of rotatable bonds is 9. The van der Waals surface area contributed by atoms with Crippen molar-refractivity contribution < 1.29 is 43.2 Å². The van der Waals surface area contributed by atoms with E-state index in [1.807, 2.05) is 30.3 Å². The number of nitrogens with one attached hydrogen (secondary N) is 1. The summed E-state index contributed by atoms with van der Waals surface area (Å²) in [7, 11) is 1.56. The van der Waals surface area contributed by atoms with Gasteiger partial charge in [-0.2, -0.15) is 0 Å². The Morgan fingerprint density at radius 2 is 1.79 bits per heavy atom. The van der Waals surface area contributed by atoms with E-state index in [9.17, 15) is 24.3 Å². The number of benzene rings is 1. The predicted octanol–water partition coefficient (Wildman–Crippen LogP) is 5.34. The summed E-state index contributed by atoms with van der Waals surface area (Å²) in [6.07, 6.45) is 0.332. The number of hydrogen-bond acceptors (Lipinski definition) is 9. The van der Waals surface area contributed by atoms with Crippen LogP contribution in [0.2, 0.25) is 0 Å². The molecule has 264 valence electrons. The molecule has 48 heavy (non-hydrogen) atoms. The largest absolute Gasteiger partial charge is 0.465 e. The fourth-order valence-corrected chi connectivity index (χ4v) is 9.94. The zero-order valence-corrected chi connectivity index (χ0v) is 29.5. The van der Waals surface area contributed by atoms with Crippen LogP contribution >= 0.6 is 0 Å². The lowest BCUT2D eigenvalue weighted by Crippen LogP contribution is -2.72. The van der Waals surface area contributed by atoms with Crippen LogP contribution in [0.15, 0.2) is 42.5 Å². The molecule has 2 N–H and O–H groups in total. The number of amides is 1. The second-order valence-electron chi connectivity index (χ2n) is 16.1. The number of hydrogen-bond donors (Lipinski definition) is 2. The normalized spacial score (nSPS) is 34.3. The summed E-state index contributed by atoms with van der Waals surface area (Å²) in [6.45, 7) is 15.2. The summed E-state index contributed by atoms with van der Waals surface area (Å²) >= 11 is 0. The average Bonchev–Trinajstić information content (AvgIpc) is 3.13. The minimum Gasteiger partial charge on any atom is -0.465 e. The number of carbonyl (C=O) groups excluding carboxylic acids is 4. The van der Waals surface area contributed by atoms with Gasteiger partial charge in [0.2, 0.25) is 0 Å². The zero-order chi connectivity index (χ0) is 35.2. The minimum atomic E-state index is -1.45. The quantitative estimate of drug-likeness (QED) is 0.203. The molecule has 1 aromatic rings. The molecule has 0 aliphatic heterocycles. The van der Waals surface area contributed by atoms with Crippen LogP contribution in [-0.4, -0.2) is 72.6 Å². The summed E-state index contributed by atoms with van der Waals surface area (Å²) in [6, 6.07) is 8.53. The number of ketones is 1. The molecule has 4 saturated carbocycles. The van der Waals surface area contributed by atoms with E-state index in [-0.39, 0.29) is 36.6 Å². The molecule has 1 amide bonds. The minimum absolute atomic E-state index is 0.0430. The monoisotopic (exact) mass is 667 g/mol. The van der Waals surface area contributed by atoms with Crippen LogP contribution in [0.4, 0.5) is 4.79 Å². The van der Waals surface area contributed by atoms with Crippen molar-refractivity contribution in [1.29, 1.82) is 0 Å². The molecule has 4 aliphatic rings. The van der Waals surface area contributed by atoms with Crippen LogP contribution in [0.1, 0.15) is 85.6 Å². The third kappa shape index (κ3) is 6.30. The highest BCUT2D eigenvalue weighted by Crippen LogP contribution is 2.72. The van der Waals surface area contributed by atoms with Gasteiger partial charge in [0.15, 0.2) is 5.78 Å². The van der Waals surface area contributed by atoms with Gasteiger partial charge in [-0.1, -0.05) is 57.2 Å². The fourth-order valence-electron chi connectivity index (χ4n) is 9.94. The smallest absolute Gasteiger partial charge is 0.408 e. The maximum absolute atomic E-state index is 14.7. The van der Waals surface area contributed by atoms with Gasteiger partial charge < -0.3 is 29.4 Å². The fraction of sp³-hybridized carbons (Fsp3) is 0.684. The molecule has 0 aromatic heterocycles. The Labute approximate surface area is 284 Å². The lowest BCUT2D eigenvalue weighted by Gasteiger charge is -2.67. The molecule has 4 fully saturated rings. The van der Waals surface area contributed by atoms with E-state index < -0.39 is 70.7 Å². The summed E-state index contributed by atoms with van der Waals surface area (Å²) in [5.74, 6) is -2.81. The Morgan fingerprint density at radius 3 is 2.42 bits per heavy atom. The molecule has 5 rings (SSSR count). The van der Waals surface area contributed by atoms with Crippen molar-refractivity contribution in [3.63, 3.8) is 0 Å². The second kappa shape index (κ2) is 13.2. The Balaban J connectivity index is 1.56. The molecular weight excluding hydrogens is 614 g/mol. The predicted molar refractivity (Wildman–Crippen MR) is 178 cm³/mol. The van der Waals surface area contributed by atoms with Crippen molar-refractivity contribution in [3.8, 4) is 0 Å². The van der Waals surface area contributed by atoms with Gasteiger partial charge in [-0.3, -0.25) is 9.59 Å². The number of ether oxygens (including phenoxy) is 4. The first-order valence-corrected chi connectivity index (χ1v) is 17.3. The molecule has 2 bridgehead atoms. The highest BCUT2D eigenvalue weighted by Gasteiger charge is 2.78. The lowest BCUT2D eigenvalue weighted by molar-refractivity contribution is -0.272. The van der Waals surface area contributed by atoms with Crippen molar-refractivity contribution in [2.24, 2.45) is 34.0 Å². The Kier molecular flexibility index (Phi) is 9.94. The van der Waals surface area contributed by atoms with Crippen molar-refractivity contribution >= 4 is 23.8 Å². The molecule has 1 spiro atoms. The van der Waals surface area contributed by atoms with Gasteiger partial charge in [-0.15, -0.1) is 0 Å². The summed E-state index contributed by atoms with van der Waals surface area (Å²) < 4.78 is 23.9. The Hall–Kier alpha value is -3.24. The number of aliphatic hydroxyl groups excluding tert-OH is 1. The lowest BCUT2D eigenvalue weighted by atomic mass is 9.39. The first-order valence-electron chi connectivity index (χ1n) is 17.3. The van der Waals surface area contributed by atoms with Gasteiger partial charge in [0.05, 0.1) is 18.8 Å². The molecule has 10 nitrogen and oxygen atoms in total. The first-order chi connectivity index (χ1) is 22.5. The van der Waals surface area contributed by atoms with E-state index in [2.05, 4.69) is 25.7 Å². The Morgan fingerprint density at radius 1 is 1.10 bits per heavy atom. The molecule has 0 saturated heterocycles. The van der Waals surface area contributed by atoms with Crippen LogP contribution in [0.5, 0.6) is 0 Å². The molecular formula is C38H53NO9. The first kappa shape index (κ1) is 36.1. The van der Waals surface area contributed by atoms with Crippen molar-refractivity contribution in [2.45, 2.75) is 116 Å². The van der Waals surface area contributed by atoms with E-state index in [1.165, 1.54) is 6.92 Å². The van der Waals surface area contributed by atoms with E-state index >= 15 is 0 Å². The van der Waals surface area contributed by atoms with Crippen molar-refractivity contribution in [3.05, 3.63) is 48.0 Å². The number of methoxy groups -OCH3 is 1. The van der Waals surface area contributed by atoms with Gasteiger partial charge in [-0.25, -0.2) is 9.59 Å². The van der Waals surface area contributed by atoms with E-state index in [0.717, 1.165) is 18.4 Å². The van der Waals surface area contributed by atoms with Crippen molar-refractivity contribution in [2.75, 3.05) is 13.7 Å². The molecule has 1 aromatic carbocycles. The standard InChI is InChI=1S/C38H53NO9/c1-22-25-19-27(41)30-37(21-46-23(2)40)18-12-17-36(6,7)28(37)20-29(45-8)38(30,31(22)42)32(25)47-33(43)26(39-34(44)48-35(3,4)5)16-15-24-13-10-9-11-14-24/h9-11,13-14,25-30,32,41H,1,12,15-21H2,2-8H3,(H,39,44)/t25-,26-,27-,28+,29+,30-,32+,37-,38+/m0/s1. The van der Waals surface area contributed by atoms with E-state index in [4.69, 9.17) is 18.9 Å². The van der Waals surface area contributed by atoms with Crippen LogP contribution in [0.3, 0.4) is 0 Å². The maximum Gasteiger partial charge on any atom is 0.408 e. The molecule has 0 unspecified atom stereocenters. The number of fused-ring (bicyclic) bond motifs is 3. The number of carbonyl (C=O) groups is 4. The molecule has 4 aliphatic carbocycles. The van der Waals surface area contributed by atoms with Gasteiger partial charge >= 0.3 is 18.0 Å². The highest BCUT2D eigenvalue weighted by atomic mass is 16.6. The summed E-state index contributed by atoms with van der Waals surface area (Å²) in [5, 5.41) is 14.8. The summed E-state index contributed by atoms with van der Waals surface area (Å²) in [5.41, 5.74) is -1.93. The molecule has 10 heteroatoms. The maximum atomic E-state index is 14.7. The highest BCUT2D eigenvalue weighted by molar-refractivity contribution is 6.05. The number of aliphatic hydroxyl groups is 1. The van der Waals surface area contributed by atoms with Gasteiger partial charge in [0.1, 0.15) is 23.2 Å². The topological polar surface area (TPSA) is 137 Å². The number of esters is 2. The third-order valence-corrected chi connectivity index (χ3v) is 11.7. The van der Waals surface area contributed by atoms with Crippen LogP contribution in [0.25, 0.3) is 0 Å². The van der Waals surface area contributed by atoms with Crippen LogP contribution in [-0.2, 0) is 39.8 Å². The van der Waals surface area contributed by atoms with Gasteiger partial charge in [-0.05, 0) is 81.8 Å². The van der Waals surface area contributed by atoms with E-state index in [0.29, 0.717) is 24.8 Å². The number of alkyl carbamates (subject to hydrolysis) is 1. The van der Waals surface area contributed by atoms with Crippen molar-refractivity contribution in [1.82, 2.24) is 5.32 Å². The third-order valence-electron chi connectivity index (χ3n) is 11.7. The molecule has 0 heterocycles. The second-order valence-corrected chi connectivity index (χ2v) is 16.1. The number of aryl methyl sites for hydroxylation is 1. The molecule has 9 atom stereocenters. The number of Topliss-reactive ketones (excluding diaryl/α,β-unsaturated/α-hetero) is 1. The summed E-state index contributed by atoms with van der Waals surface area (Å²) in [4.78, 5) is 54.2. The van der Waals surface area contributed by atoms with E-state index in [1.54, 1.807) is 27.9 Å². The molecule has 0 radical (unpaired) electrons.